The maximum absolute atomic E-state index is 13.7. The Balaban J connectivity index is 1.45. The van der Waals surface area contributed by atoms with Gasteiger partial charge in [0.05, 0.1) is 22.5 Å². The molecule has 190 valence electrons. The van der Waals surface area contributed by atoms with Crippen molar-refractivity contribution in [3.63, 3.8) is 0 Å². The van der Waals surface area contributed by atoms with Crippen molar-refractivity contribution in [1.29, 1.82) is 0 Å². The van der Waals surface area contributed by atoms with Gasteiger partial charge in [0, 0.05) is 41.1 Å². The van der Waals surface area contributed by atoms with E-state index in [9.17, 15) is 13.2 Å². The van der Waals surface area contributed by atoms with Crippen molar-refractivity contribution in [2.24, 2.45) is 0 Å². The highest BCUT2D eigenvalue weighted by molar-refractivity contribution is 7.99. The van der Waals surface area contributed by atoms with E-state index in [-0.39, 0.29) is 23.5 Å². The summed E-state index contributed by atoms with van der Waals surface area (Å²) in [6, 6.07) is 22.8. The number of anilines is 1. The number of aromatic nitrogens is 2. The summed E-state index contributed by atoms with van der Waals surface area (Å²) in [7, 11) is -3.68. The van der Waals surface area contributed by atoms with Crippen LogP contribution in [-0.2, 0) is 10.0 Å². The Labute approximate surface area is 229 Å². The number of hydrogen-bond acceptors (Lipinski definition) is 6. The zero-order chi connectivity index (χ0) is 26.0. The van der Waals surface area contributed by atoms with Crippen LogP contribution in [0.3, 0.4) is 0 Å². The zero-order valence-corrected chi connectivity index (χ0v) is 22.6. The summed E-state index contributed by atoms with van der Waals surface area (Å²) in [5, 5.41) is 5.43. The predicted molar refractivity (Wildman–Crippen MR) is 148 cm³/mol. The fourth-order valence-corrected chi connectivity index (χ4v) is 6.89. The molecule has 1 aliphatic heterocycles. The van der Waals surface area contributed by atoms with Crippen LogP contribution in [0.25, 0.3) is 5.69 Å². The predicted octanol–water partition coefficient (Wildman–Crippen LogP) is 5.20. The third kappa shape index (κ3) is 5.56. The van der Waals surface area contributed by atoms with Gasteiger partial charge in [-0.1, -0.05) is 59.2 Å². The van der Waals surface area contributed by atoms with E-state index in [1.807, 2.05) is 47.4 Å². The quantitative estimate of drug-likeness (QED) is 0.316. The summed E-state index contributed by atoms with van der Waals surface area (Å²) in [5.74, 6) is 0. The topological polar surface area (TPSA) is 75.5 Å². The summed E-state index contributed by atoms with van der Waals surface area (Å²) >= 11 is 13.4. The lowest BCUT2D eigenvalue weighted by atomic mass is 10.3. The molecule has 1 fully saturated rings. The Morgan fingerprint density at radius 1 is 0.811 bits per heavy atom. The largest absolute Gasteiger partial charge is 0.367 e. The molecule has 0 amide bonds. The number of piperazine rings is 1. The number of benzene rings is 3. The van der Waals surface area contributed by atoms with Gasteiger partial charge in [-0.3, -0.25) is 4.79 Å². The van der Waals surface area contributed by atoms with Gasteiger partial charge in [-0.05, 0) is 54.6 Å². The van der Waals surface area contributed by atoms with Gasteiger partial charge in [0.25, 0.3) is 5.56 Å². The number of para-hydroxylation sites is 1. The Bertz CT molecular complexity index is 1570. The molecular formula is C26H22Cl2N4O3S2. The Kier molecular flexibility index (Phi) is 7.60. The molecule has 3 aromatic carbocycles. The molecule has 0 aliphatic carbocycles. The third-order valence-corrected chi connectivity index (χ3v) is 9.44. The van der Waals surface area contributed by atoms with Crippen LogP contribution in [0.2, 0.25) is 10.0 Å². The van der Waals surface area contributed by atoms with Crippen molar-refractivity contribution < 1.29 is 8.42 Å². The van der Waals surface area contributed by atoms with E-state index in [0.29, 0.717) is 39.4 Å². The van der Waals surface area contributed by atoms with Crippen molar-refractivity contribution in [1.82, 2.24) is 14.1 Å². The summed E-state index contributed by atoms with van der Waals surface area (Å²) in [6.07, 6.45) is 1.67. The molecule has 2 heterocycles. The molecule has 0 radical (unpaired) electrons. The molecule has 0 bridgehead atoms. The first-order valence-electron chi connectivity index (χ1n) is 11.4. The second-order valence-electron chi connectivity index (χ2n) is 8.32. The van der Waals surface area contributed by atoms with E-state index in [1.54, 1.807) is 36.5 Å². The Morgan fingerprint density at radius 3 is 2.19 bits per heavy atom. The van der Waals surface area contributed by atoms with Crippen molar-refractivity contribution in [3.8, 4) is 5.69 Å². The zero-order valence-electron chi connectivity index (χ0n) is 19.5. The molecule has 0 atom stereocenters. The molecule has 1 aliphatic rings. The SMILES string of the molecule is O=c1c(Sc2ccc(Cl)cc2)c(N2CCN(S(=O)(=O)c3cccc(Cl)c3)CC2)cnn1-c1ccccc1. The monoisotopic (exact) mass is 572 g/mol. The van der Waals surface area contributed by atoms with Crippen LogP contribution in [0.1, 0.15) is 0 Å². The fraction of sp³-hybridized carbons (Fsp3) is 0.154. The molecule has 0 spiro atoms. The minimum absolute atomic E-state index is 0.166. The lowest BCUT2D eigenvalue weighted by Gasteiger charge is -2.35. The average molecular weight is 574 g/mol. The van der Waals surface area contributed by atoms with Gasteiger partial charge in [0.1, 0.15) is 4.90 Å². The highest BCUT2D eigenvalue weighted by Crippen LogP contribution is 2.34. The number of hydrogen-bond donors (Lipinski definition) is 0. The van der Waals surface area contributed by atoms with Gasteiger partial charge in [-0.2, -0.15) is 14.1 Å². The van der Waals surface area contributed by atoms with Crippen LogP contribution in [0.5, 0.6) is 0 Å². The Morgan fingerprint density at radius 2 is 1.51 bits per heavy atom. The molecule has 0 saturated carbocycles. The van der Waals surface area contributed by atoms with Crippen molar-refractivity contribution in [3.05, 3.63) is 105 Å². The summed E-state index contributed by atoms with van der Waals surface area (Å²) < 4.78 is 29.1. The molecule has 0 unspecified atom stereocenters. The van der Waals surface area contributed by atoms with Gasteiger partial charge in [0.15, 0.2) is 0 Å². The van der Waals surface area contributed by atoms with E-state index >= 15 is 0 Å². The lowest BCUT2D eigenvalue weighted by Crippen LogP contribution is -2.49. The standard InChI is InChI=1S/C26H22Cl2N4O3S2/c27-19-9-11-22(12-10-19)36-25-24(18-29-32(26(25)33)21-6-2-1-3-7-21)30-13-15-31(16-14-30)37(34,35)23-8-4-5-20(28)17-23/h1-12,17-18H,13-16H2. The molecule has 4 aromatic rings. The molecule has 37 heavy (non-hydrogen) atoms. The summed E-state index contributed by atoms with van der Waals surface area (Å²) in [5.41, 5.74) is 1.07. The minimum atomic E-state index is -3.68. The molecule has 0 N–H and O–H groups in total. The van der Waals surface area contributed by atoms with E-state index in [2.05, 4.69) is 5.10 Å². The fourth-order valence-electron chi connectivity index (χ4n) is 4.07. The second-order valence-corrected chi connectivity index (χ2v) is 12.2. The van der Waals surface area contributed by atoms with Crippen molar-refractivity contribution in [2.45, 2.75) is 14.7 Å². The molecule has 5 rings (SSSR count). The number of halogens is 2. The van der Waals surface area contributed by atoms with Crippen LogP contribution in [-0.4, -0.2) is 48.7 Å². The smallest absolute Gasteiger partial charge is 0.287 e. The first-order chi connectivity index (χ1) is 17.8. The minimum Gasteiger partial charge on any atom is -0.367 e. The van der Waals surface area contributed by atoms with Crippen LogP contribution in [0.15, 0.2) is 105 Å². The maximum Gasteiger partial charge on any atom is 0.287 e. The first-order valence-corrected chi connectivity index (χ1v) is 14.5. The van der Waals surface area contributed by atoms with Crippen LogP contribution >= 0.6 is 35.0 Å². The Hall–Kier alpha value is -2.82. The van der Waals surface area contributed by atoms with E-state index in [0.717, 1.165) is 4.90 Å². The summed E-state index contributed by atoms with van der Waals surface area (Å²) in [6.45, 7) is 1.35. The van der Waals surface area contributed by atoms with E-state index < -0.39 is 10.0 Å². The van der Waals surface area contributed by atoms with Gasteiger partial charge in [0.2, 0.25) is 10.0 Å². The molecule has 1 aromatic heterocycles. The lowest BCUT2D eigenvalue weighted by molar-refractivity contribution is 0.384. The molecular weight excluding hydrogens is 551 g/mol. The second kappa shape index (κ2) is 10.9. The number of rotatable bonds is 6. The van der Waals surface area contributed by atoms with Gasteiger partial charge >= 0.3 is 0 Å². The normalized spacial score (nSPS) is 14.6. The number of sulfonamides is 1. The van der Waals surface area contributed by atoms with Crippen molar-refractivity contribution >= 4 is 50.7 Å². The highest BCUT2D eigenvalue weighted by Gasteiger charge is 2.30. The van der Waals surface area contributed by atoms with Crippen molar-refractivity contribution in [2.75, 3.05) is 31.1 Å². The molecule has 11 heteroatoms. The number of nitrogens with zero attached hydrogens (tertiary/aromatic N) is 4. The van der Waals surface area contributed by atoms with E-state index in [1.165, 1.54) is 26.8 Å². The third-order valence-electron chi connectivity index (χ3n) is 5.96. The van der Waals surface area contributed by atoms with Gasteiger partial charge < -0.3 is 4.90 Å². The van der Waals surface area contributed by atoms with Gasteiger partial charge in [-0.15, -0.1) is 0 Å². The van der Waals surface area contributed by atoms with Crippen LogP contribution in [0.4, 0.5) is 5.69 Å². The maximum atomic E-state index is 13.7. The summed E-state index contributed by atoms with van der Waals surface area (Å²) in [4.78, 5) is 17.2. The van der Waals surface area contributed by atoms with Gasteiger partial charge in [-0.25, -0.2) is 8.42 Å². The highest BCUT2D eigenvalue weighted by atomic mass is 35.5. The van der Waals surface area contributed by atoms with E-state index in [4.69, 9.17) is 23.2 Å². The van der Waals surface area contributed by atoms with Crippen LogP contribution < -0.4 is 10.5 Å². The first kappa shape index (κ1) is 25.8. The molecule has 1 saturated heterocycles. The molecule has 7 nitrogen and oxygen atoms in total. The average Bonchev–Trinajstić information content (AvgIpc) is 2.91. The van der Waals surface area contributed by atoms with Crippen LogP contribution in [0, 0.1) is 0 Å².